The molecule has 0 N–H and O–H groups in total. The van der Waals surface area contributed by atoms with Crippen molar-refractivity contribution in [3.8, 4) is 0 Å². The van der Waals surface area contributed by atoms with Crippen LogP contribution < -0.4 is 0 Å². The minimum absolute atomic E-state index is 0.286. The highest BCUT2D eigenvalue weighted by molar-refractivity contribution is 9.09. The maximum absolute atomic E-state index is 5.54. The molecule has 1 atom stereocenters. The number of rotatable bonds is 2. The number of halogens is 1. The molecular weight excluding hydrogens is 196 g/mol. The summed E-state index contributed by atoms with van der Waals surface area (Å²) in [6.07, 6.45) is 1.32. The fraction of sp³-hybridized carbons (Fsp3) is 1.00. The molecule has 0 aromatic heterocycles. The van der Waals surface area contributed by atoms with Gasteiger partial charge in [-0.2, -0.15) is 0 Å². The summed E-state index contributed by atoms with van der Waals surface area (Å²) in [6.45, 7) is 4.63. The average Bonchev–Trinajstić information content (AvgIpc) is 2.12. The van der Waals surface area contributed by atoms with Crippen molar-refractivity contribution in [3.05, 3.63) is 0 Å². The van der Waals surface area contributed by atoms with Gasteiger partial charge in [-0.1, -0.05) is 15.9 Å². The van der Waals surface area contributed by atoms with Gasteiger partial charge in [-0.3, -0.25) is 0 Å². The molecule has 1 aliphatic rings. The zero-order valence-corrected chi connectivity index (χ0v) is 7.98. The van der Waals surface area contributed by atoms with Gasteiger partial charge in [-0.25, -0.2) is 0 Å². The summed E-state index contributed by atoms with van der Waals surface area (Å²) in [5.74, 6) is -0.354. The van der Waals surface area contributed by atoms with Crippen LogP contribution in [0, 0.1) is 0 Å². The topological polar surface area (TPSA) is 18.5 Å². The molecule has 1 rings (SSSR count). The van der Waals surface area contributed by atoms with Crippen molar-refractivity contribution in [2.45, 2.75) is 32.2 Å². The molecule has 1 fully saturated rings. The first kappa shape index (κ1) is 8.50. The molecule has 0 aliphatic carbocycles. The molecule has 60 valence electrons. The van der Waals surface area contributed by atoms with Crippen molar-refractivity contribution in [1.82, 2.24) is 0 Å². The van der Waals surface area contributed by atoms with E-state index in [1.807, 2.05) is 13.8 Å². The molecule has 0 unspecified atom stereocenters. The van der Waals surface area contributed by atoms with Crippen molar-refractivity contribution in [2.24, 2.45) is 0 Å². The predicted octanol–water partition coefficient (Wildman–Crippen LogP) is 1.92. The quantitative estimate of drug-likeness (QED) is 0.647. The largest absolute Gasteiger partial charge is 0.348 e. The lowest BCUT2D eigenvalue weighted by molar-refractivity contribution is -0.138. The second kappa shape index (κ2) is 3.20. The molecule has 1 heterocycles. The molecule has 0 aromatic rings. The molecule has 3 heteroatoms. The zero-order chi connectivity index (χ0) is 7.61. The summed E-state index contributed by atoms with van der Waals surface area (Å²) in [5, 5.41) is 0.983. The molecule has 10 heavy (non-hydrogen) atoms. The van der Waals surface area contributed by atoms with E-state index in [0.717, 1.165) is 18.4 Å². The Hall–Kier alpha value is 0.400. The van der Waals surface area contributed by atoms with E-state index in [1.165, 1.54) is 0 Å². The Kier molecular flexibility index (Phi) is 2.72. The van der Waals surface area contributed by atoms with Crippen LogP contribution in [-0.4, -0.2) is 23.8 Å². The highest BCUT2D eigenvalue weighted by Crippen LogP contribution is 2.24. The maximum atomic E-state index is 5.54. The van der Waals surface area contributed by atoms with E-state index in [-0.39, 0.29) is 11.9 Å². The second-order valence-electron chi connectivity index (χ2n) is 2.93. The Morgan fingerprint density at radius 2 is 2.30 bits per heavy atom. The minimum Gasteiger partial charge on any atom is -0.348 e. The summed E-state index contributed by atoms with van der Waals surface area (Å²) < 4.78 is 10.9. The van der Waals surface area contributed by atoms with Crippen LogP contribution >= 0.6 is 15.9 Å². The Labute approximate surface area is 70.0 Å². The molecular formula is C7H13BrO2. The third-order valence-corrected chi connectivity index (χ3v) is 1.96. The highest BCUT2D eigenvalue weighted by atomic mass is 79.9. The zero-order valence-electron chi connectivity index (χ0n) is 6.39. The summed E-state index contributed by atoms with van der Waals surface area (Å²) in [4.78, 5) is 0. The summed E-state index contributed by atoms with van der Waals surface area (Å²) in [6, 6.07) is 0. The lowest BCUT2D eigenvalue weighted by Gasteiger charge is -2.16. The second-order valence-corrected chi connectivity index (χ2v) is 3.72. The van der Waals surface area contributed by atoms with E-state index in [1.54, 1.807) is 0 Å². The maximum Gasteiger partial charge on any atom is 0.163 e. The molecule has 0 spiro atoms. The van der Waals surface area contributed by atoms with Crippen LogP contribution in [0.25, 0.3) is 0 Å². The third kappa shape index (κ3) is 2.22. The van der Waals surface area contributed by atoms with Crippen molar-refractivity contribution in [3.63, 3.8) is 0 Å². The van der Waals surface area contributed by atoms with Gasteiger partial charge in [0.15, 0.2) is 5.79 Å². The Morgan fingerprint density at radius 3 is 2.70 bits per heavy atom. The van der Waals surface area contributed by atoms with E-state index in [4.69, 9.17) is 9.47 Å². The molecule has 0 bridgehead atoms. The van der Waals surface area contributed by atoms with Crippen molar-refractivity contribution < 1.29 is 9.47 Å². The van der Waals surface area contributed by atoms with Gasteiger partial charge >= 0.3 is 0 Å². The van der Waals surface area contributed by atoms with Crippen LogP contribution in [0.5, 0.6) is 0 Å². The van der Waals surface area contributed by atoms with Gasteiger partial charge in [0.1, 0.15) is 0 Å². The van der Waals surface area contributed by atoms with Crippen LogP contribution in [0.3, 0.4) is 0 Å². The number of ether oxygens (including phenoxy) is 2. The SMILES string of the molecule is CC1(C)OC[C@@H](CCBr)O1. The Balaban J connectivity index is 2.29. The van der Waals surface area contributed by atoms with Crippen LogP contribution in [0.2, 0.25) is 0 Å². The third-order valence-electron chi connectivity index (χ3n) is 1.50. The van der Waals surface area contributed by atoms with Crippen molar-refractivity contribution in [1.29, 1.82) is 0 Å². The van der Waals surface area contributed by atoms with Gasteiger partial charge in [0.2, 0.25) is 0 Å². The summed E-state index contributed by atoms with van der Waals surface area (Å²) in [5.41, 5.74) is 0. The van der Waals surface area contributed by atoms with Crippen LogP contribution in [-0.2, 0) is 9.47 Å². The number of alkyl halides is 1. The molecule has 2 nitrogen and oxygen atoms in total. The smallest absolute Gasteiger partial charge is 0.163 e. The Bertz CT molecular complexity index is 114. The van der Waals surface area contributed by atoms with Gasteiger partial charge in [0.25, 0.3) is 0 Å². The molecule has 0 saturated carbocycles. The first-order valence-corrected chi connectivity index (χ1v) is 4.64. The predicted molar refractivity (Wildman–Crippen MR) is 43.3 cm³/mol. The van der Waals surface area contributed by atoms with E-state index >= 15 is 0 Å². The highest BCUT2D eigenvalue weighted by Gasteiger charge is 2.31. The van der Waals surface area contributed by atoms with Gasteiger partial charge in [0.05, 0.1) is 12.7 Å². The van der Waals surface area contributed by atoms with Crippen molar-refractivity contribution in [2.75, 3.05) is 11.9 Å². The standard InChI is InChI=1S/C7H13BrO2/c1-7(2)9-5-6(10-7)3-4-8/h6H,3-5H2,1-2H3/t6-/m1/s1. The van der Waals surface area contributed by atoms with Crippen LogP contribution in [0.15, 0.2) is 0 Å². The van der Waals surface area contributed by atoms with Crippen LogP contribution in [0.4, 0.5) is 0 Å². The normalized spacial score (nSPS) is 30.9. The summed E-state index contributed by atoms with van der Waals surface area (Å²) in [7, 11) is 0. The summed E-state index contributed by atoms with van der Waals surface area (Å²) >= 11 is 3.36. The van der Waals surface area contributed by atoms with Gasteiger partial charge in [0, 0.05) is 5.33 Å². The van der Waals surface area contributed by atoms with E-state index < -0.39 is 0 Å². The van der Waals surface area contributed by atoms with E-state index in [2.05, 4.69) is 15.9 Å². The lowest BCUT2D eigenvalue weighted by atomic mass is 10.3. The fourth-order valence-corrected chi connectivity index (χ4v) is 1.54. The first-order valence-electron chi connectivity index (χ1n) is 3.52. The lowest BCUT2D eigenvalue weighted by Crippen LogP contribution is -2.21. The number of hydrogen-bond acceptors (Lipinski definition) is 2. The van der Waals surface area contributed by atoms with Crippen molar-refractivity contribution >= 4 is 15.9 Å². The number of hydrogen-bond donors (Lipinski definition) is 0. The molecule has 0 aromatic carbocycles. The monoisotopic (exact) mass is 208 g/mol. The Morgan fingerprint density at radius 1 is 1.60 bits per heavy atom. The fourth-order valence-electron chi connectivity index (χ4n) is 1.03. The molecule has 0 radical (unpaired) electrons. The van der Waals surface area contributed by atoms with Gasteiger partial charge in [-0.05, 0) is 20.3 Å². The van der Waals surface area contributed by atoms with Crippen LogP contribution in [0.1, 0.15) is 20.3 Å². The van der Waals surface area contributed by atoms with E-state index in [0.29, 0.717) is 0 Å². The first-order chi connectivity index (χ1) is 4.64. The molecule has 0 amide bonds. The average molecular weight is 209 g/mol. The molecule has 1 saturated heterocycles. The van der Waals surface area contributed by atoms with Gasteiger partial charge < -0.3 is 9.47 Å². The van der Waals surface area contributed by atoms with Gasteiger partial charge in [-0.15, -0.1) is 0 Å². The minimum atomic E-state index is -0.354. The molecule has 1 aliphatic heterocycles. The van der Waals surface area contributed by atoms with E-state index in [9.17, 15) is 0 Å².